The molecule has 1 rings (SSSR count). The van der Waals surface area contributed by atoms with Crippen LogP contribution in [0.3, 0.4) is 0 Å². The molecule has 1 aromatic rings. The minimum Gasteiger partial charge on any atom is -0.418 e. The number of rotatable bonds is 0. The molecule has 0 aliphatic rings. The zero-order chi connectivity index (χ0) is 13.1. The zero-order valence-electron chi connectivity index (χ0n) is 7.00. The van der Waals surface area contributed by atoms with Crippen molar-refractivity contribution in [3.05, 3.63) is 26.4 Å². The molecule has 0 aliphatic carbocycles. The van der Waals surface area contributed by atoms with E-state index >= 15 is 0 Å². The van der Waals surface area contributed by atoms with E-state index in [4.69, 9.17) is 46.4 Å². The fraction of sp³-hybridized carbons (Fsp3) is 0. The van der Waals surface area contributed by atoms with Gasteiger partial charge in [0.2, 0.25) is 6.20 Å². The summed E-state index contributed by atoms with van der Waals surface area (Å²) in [6.07, 6.45) is 0.929. The number of pyridine rings is 1. The van der Waals surface area contributed by atoms with Gasteiger partial charge < -0.3 is 17.3 Å². The molecule has 1 aromatic heterocycles. The van der Waals surface area contributed by atoms with Crippen molar-refractivity contribution in [2.75, 3.05) is 0 Å². The van der Waals surface area contributed by atoms with Crippen molar-refractivity contribution < 1.29 is 26.5 Å². The number of halogens is 9. The Bertz CT molecular complexity index is 352. The molecule has 1 nitrogen and oxygen atoms in total. The van der Waals surface area contributed by atoms with Crippen LogP contribution in [0.15, 0.2) is 6.20 Å². The van der Waals surface area contributed by atoms with Gasteiger partial charge in [0.15, 0.2) is 0 Å². The molecular formula is C5HBCl4F5N. The van der Waals surface area contributed by atoms with E-state index < -0.39 is 7.25 Å². The summed E-state index contributed by atoms with van der Waals surface area (Å²) in [6, 6.07) is 0. The van der Waals surface area contributed by atoms with Gasteiger partial charge in [-0.2, -0.15) is 0 Å². The highest BCUT2D eigenvalue weighted by molar-refractivity contribution is 6.50. The van der Waals surface area contributed by atoms with Crippen LogP contribution in [0.25, 0.3) is 0 Å². The summed E-state index contributed by atoms with van der Waals surface area (Å²) in [7, 11) is -6.00. The molecule has 0 amide bonds. The van der Waals surface area contributed by atoms with Crippen LogP contribution in [-0.4, -0.2) is 7.25 Å². The summed E-state index contributed by atoms with van der Waals surface area (Å²) < 4.78 is 51.6. The van der Waals surface area contributed by atoms with Gasteiger partial charge in [-0.15, -0.1) is 0 Å². The SMILES string of the molecule is F[B-](F)(F)F.F[n+]1cc(Cl)c(Cl)c(Cl)c1Cl. The molecule has 0 fully saturated rings. The van der Waals surface area contributed by atoms with Crippen molar-refractivity contribution in [2.24, 2.45) is 0 Å². The summed E-state index contributed by atoms with van der Waals surface area (Å²) in [6.45, 7) is 0. The molecule has 0 spiro atoms. The second kappa shape index (κ2) is 6.09. The maximum atomic E-state index is 12.6. The summed E-state index contributed by atoms with van der Waals surface area (Å²) >= 11 is 21.8. The molecule has 0 bridgehead atoms. The third kappa shape index (κ3) is 5.93. The van der Waals surface area contributed by atoms with Crippen LogP contribution in [0.2, 0.25) is 20.2 Å². The maximum Gasteiger partial charge on any atom is 0.673 e. The van der Waals surface area contributed by atoms with Crippen molar-refractivity contribution in [3.8, 4) is 0 Å². The highest BCUT2D eigenvalue weighted by Gasteiger charge is 2.21. The third-order valence-electron chi connectivity index (χ3n) is 0.998. The second-order valence-electron chi connectivity index (χ2n) is 2.20. The number of hydrogen-bond donors (Lipinski definition) is 0. The lowest BCUT2D eigenvalue weighted by Gasteiger charge is -1.94. The first-order valence-corrected chi connectivity index (χ1v) is 4.83. The average Bonchev–Trinajstić information content (AvgIpc) is 2.09. The Balaban J connectivity index is 0.000000385. The Hall–Kier alpha value is 0.0249. The molecule has 11 heteroatoms. The first-order chi connectivity index (χ1) is 7.04. The van der Waals surface area contributed by atoms with Gasteiger partial charge >= 0.3 is 12.4 Å². The molecule has 92 valence electrons. The molecule has 0 unspecified atom stereocenters. The predicted molar refractivity (Wildman–Crippen MR) is 53.4 cm³/mol. The molecule has 0 saturated heterocycles. The molecule has 0 saturated carbocycles. The van der Waals surface area contributed by atoms with Crippen molar-refractivity contribution in [2.45, 2.75) is 0 Å². The quantitative estimate of drug-likeness (QED) is 0.373. The predicted octanol–water partition coefficient (Wildman–Crippen LogP) is 4.62. The Labute approximate surface area is 107 Å². The second-order valence-corrected chi connectivity index (χ2v) is 3.72. The van der Waals surface area contributed by atoms with E-state index in [2.05, 4.69) is 0 Å². The molecule has 0 N–H and O–H groups in total. The van der Waals surface area contributed by atoms with E-state index in [0.29, 0.717) is 0 Å². The van der Waals surface area contributed by atoms with E-state index in [1.807, 2.05) is 0 Å². The molecule has 0 aromatic carbocycles. The summed E-state index contributed by atoms with van der Waals surface area (Å²) in [5.74, 6) is 0. The monoisotopic (exact) mass is 321 g/mol. The van der Waals surface area contributed by atoms with Crippen molar-refractivity contribution >= 4 is 53.7 Å². The van der Waals surface area contributed by atoms with Crippen LogP contribution in [0, 0.1) is 0 Å². The summed E-state index contributed by atoms with van der Waals surface area (Å²) in [4.78, 5) is 0.0953. The number of hydrogen-bond acceptors (Lipinski definition) is 0. The van der Waals surface area contributed by atoms with E-state index in [1.165, 1.54) is 0 Å². The Morgan fingerprint density at radius 2 is 1.31 bits per heavy atom. The molecule has 0 atom stereocenters. The van der Waals surface area contributed by atoms with Gasteiger partial charge in [-0.05, 0) is 11.6 Å². The fourth-order valence-electron chi connectivity index (χ4n) is 0.502. The number of nitrogens with zero attached hydrogens (tertiary/aromatic N) is 1. The first-order valence-electron chi connectivity index (χ1n) is 3.32. The Morgan fingerprint density at radius 3 is 1.69 bits per heavy atom. The minimum atomic E-state index is -6.00. The van der Waals surface area contributed by atoms with Gasteiger partial charge in [0.1, 0.15) is 10.0 Å². The van der Waals surface area contributed by atoms with Crippen LogP contribution in [-0.2, 0) is 0 Å². The molecule has 1 heterocycles. The normalized spacial score (nSPS) is 10.8. The van der Waals surface area contributed by atoms with Gasteiger partial charge in [-0.3, -0.25) is 0 Å². The smallest absolute Gasteiger partial charge is 0.418 e. The zero-order valence-corrected chi connectivity index (χ0v) is 10.0. The Morgan fingerprint density at radius 1 is 0.938 bits per heavy atom. The molecule has 16 heavy (non-hydrogen) atoms. The molecular weight excluding hydrogens is 322 g/mol. The van der Waals surface area contributed by atoms with Crippen LogP contribution in [0.4, 0.5) is 21.7 Å². The van der Waals surface area contributed by atoms with E-state index in [9.17, 15) is 21.7 Å². The average molecular weight is 323 g/mol. The summed E-state index contributed by atoms with van der Waals surface area (Å²) in [5.41, 5.74) is 0. The van der Waals surface area contributed by atoms with Gasteiger partial charge in [0.05, 0.1) is 9.50 Å². The first kappa shape index (κ1) is 16.0. The molecule has 0 radical (unpaired) electrons. The van der Waals surface area contributed by atoms with Gasteiger partial charge in [-0.1, -0.05) is 34.8 Å². The summed E-state index contributed by atoms with van der Waals surface area (Å²) in [5, 5.41) is -0.319. The highest BCUT2D eigenvalue weighted by Crippen LogP contribution is 2.32. The maximum absolute atomic E-state index is 12.6. The lowest BCUT2D eigenvalue weighted by molar-refractivity contribution is -0.841. The highest BCUT2D eigenvalue weighted by atomic mass is 35.5. The lowest BCUT2D eigenvalue weighted by atomic mass is 10.3. The third-order valence-corrected chi connectivity index (χ3v) is 2.69. The minimum absolute atomic E-state index is 0.0172. The lowest BCUT2D eigenvalue weighted by Crippen LogP contribution is -2.23. The number of aromatic nitrogens is 1. The van der Waals surface area contributed by atoms with Crippen LogP contribution in [0.5, 0.6) is 0 Å². The fourth-order valence-corrected chi connectivity index (χ4v) is 1.24. The Kier molecular flexibility index (Phi) is 6.10. The van der Waals surface area contributed by atoms with Crippen LogP contribution >= 0.6 is 46.4 Å². The van der Waals surface area contributed by atoms with Gasteiger partial charge in [-0.25, -0.2) is 0 Å². The molecule has 0 aliphatic heterocycles. The van der Waals surface area contributed by atoms with E-state index in [0.717, 1.165) is 6.20 Å². The van der Waals surface area contributed by atoms with Crippen LogP contribution < -0.4 is 4.79 Å². The van der Waals surface area contributed by atoms with Gasteiger partial charge in [0.25, 0.3) is 0 Å². The van der Waals surface area contributed by atoms with Crippen molar-refractivity contribution in [1.29, 1.82) is 0 Å². The topological polar surface area (TPSA) is 3.88 Å². The largest absolute Gasteiger partial charge is 0.673 e. The van der Waals surface area contributed by atoms with E-state index in [-0.39, 0.29) is 25.0 Å². The van der Waals surface area contributed by atoms with Crippen molar-refractivity contribution in [3.63, 3.8) is 0 Å². The van der Waals surface area contributed by atoms with Gasteiger partial charge in [0, 0.05) is 4.79 Å². The van der Waals surface area contributed by atoms with E-state index in [1.54, 1.807) is 0 Å². The standard InChI is InChI=1S/C5HCl4FN.BF4/c6-2-1-11(10)5(9)4(8)3(2)7;2-1(3,4)5/h1H;/q+1;-1. The van der Waals surface area contributed by atoms with Crippen LogP contribution in [0.1, 0.15) is 0 Å². The van der Waals surface area contributed by atoms with Crippen molar-refractivity contribution in [1.82, 2.24) is 0 Å².